The van der Waals surface area contributed by atoms with Gasteiger partial charge in [0.15, 0.2) is 0 Å². The second-order valence-corrected chi connectivity index (χ2v) is 3.16. The number of hydrogen-bond acceptors (Lipinski definition) is 5. The highest BCUT2D eigenvalue weighted by molar-refractivity contribution is 5.98. The molecule has 0 atom stereocenters. The van der Waals surface area contributed by atoms with Gasteiger partial charge in [-0.05, 0) is 35.0 Å². The molecule has 1 aromatic heterocycles. The summed E-state index contributed by atoms with van der Waals surface area (Å²) >= 11 is 0. The third kappa shape index (κ3) is 2.05. The van der Waals surface area contributed by atoms with E-state index in [0.29, 0.717) is 0 Å². The van der Waals surface area contributed by atoms with Crippen molar-refractivity contribution in [3.8, 4) is 5.69 Å². The van der Waals surface area contributed by atoms with E-state index >= 15 is 0 Å². The van der Waals surface area contributed by atoms with Crippen LogP contribution >= 0.6 is 0 Å². The largest absolute Gasteiger partial charge is 0.399 e. The highest BCUT2D eigenvalue weighted by Crippen LogP contribution is 2.08. The van der Waals surface area contributed by atoms with Gasteiger partial charge in [0.05, 0.1) is 11.4 Å². The molecule has 0 fully saturated rings. The number of oxime groups is 1. The summed E-state index contributed by atoms with van der Waals surface area (Å²) in [6, 6.07) is 7.71. The normalized spacial score (nSPS) is 11.5. The van der Waals surface area contributed by atoms with Crippen molar-refractivity contribution in [2.45, 2.75) is 6.92 Å². The number of nitrogens with zero attached hydrogens (tertiary/aromatic N) is 5. The highest BCUT2D eigenvalue weighted by Gasteiger charge is 2.00. The molecule has 0 unspecified atom stereocenters. The molecule has 0 aliphatic rings. The zero-order valence-electron chi connectivity index (χ0n) is 9.03. The Labute approximate surface area is 92.5 Å². The van der Waals surface area contributed by atoms with Gasteiger partial charge in [0.1, 0.15) is 13.4 Å². The van der Waals surface area contributed by atoms with E-state index in [1.54, 1.807) is 11.0 Å². The van der Waals surface area contributed by atoms with E-state index in [9.17, 15) is 0 Å². The molecule has 0 amide bonds. The van der Waals surface area contributed by atoms with Crippen LogP contribution in [0.25, 0.3) is 5.69 Å². The maximum absolute atomic E-state index is 4.71. The number of aromatic nitrogens is 4. The van der Waals surface area contributed by atoms with E-state index in [2.05, 4.69) is 20.7 Å². The smallest absolute Gasteiger partial charge is 0.143 e. The predicted molar refractivity (Wildman–Crippen MR) is 58.4 cm³/mol. The van der Waals surface area contributed by atoms with E-state index in [-0.39, 0.29) is 0 Å². The van der Waals surface area contributed by atoms with E-state index in [0.717, 1.165) is 17.0 Å². The van der Waals surface area contributed by atoms with Crippen molar-refractivity contribution < 1.29 is 4.84 Å². The summed E-state index contributed by atoms with van der Waals surface area (Å²) < 4.78 is 1.59. The fourth-order valence-corrected chi connectivity index (χ4v) is 1.32. The minimum Gasteiger partial charge on any atom is -0.399 e. The van der Waals surface area contributed by atoms with Crippen LogP contribution in [-0.4, -0.2) is 33.0 Å². The van der Waals surface area contributed by atoms with Gasteiger partial charge in [0, 0.05) is 0 Å². The number of benzene rings is 1. The molecule has 1 heterocycles. The van der Waals surface area contributed by atoms with Crippen LogP contribution in [0.15, 0.2) is 35.7 Å². The van der Waals surface area contributed by atoms with Crippen molar-refractivity contribution in [1.82, 2.24) is 20.2 Å². The van der Waals surface area contributed by atoms with Crippen LogP contribution in [0.4, 0.5) is 0 Å². The second-order valence-electron chi connectivity index (χ2n) is 3.16. The second kappa shape index (κ2) is 4.52. The average molecular weight is 217 g/mol. The van der Waals surface area contributed by atoms with Crippen molar-refractivity contribution in [1.29, 1.82) is 0 Å². The lowest BCUT2D eigenvalue weighted by Crippen LogP contribution is -1.98. The molecule has 16 heavy (non-hydrogen) atoms. The van der Waals surface area contributed by atoms with Gasteiger partial charge in [0.2, 0.25) is 0 Å². The molecule has 2 rings (SSSR count). The molecule has 0 aliphatic heterocycles. The average Bonchev–Trinajstić information content (AvgIpc) is 2.83. The predicted octanol–water partition coefficient (Wildman–Crippen LogP) is 1.03. The van der Waals surface area contributed by atoms with Crippen LogP contribution in [0.5, 0.6) is 0 Å². The van der Waals surface area contributed by atoms with E-state index in [1.165, 1.54) is 7.11 Å². The molecule has 0 saturated heterocycles. The molecule has 6 heteroatoms. The third-order valence-corrected chi connectivity index (χ3v) is 2.13. The van der Waals surface area contributed by atoms with Gasteiger partial charge < -0.3 is 4.84 Å². The van der Waals surface area contributed by atoms with Gasteiger partial charge in [-0.1, -0.05) is 17.3 Å². The first kappa shape index (κ1) is 10.3. The van der Waals surface area contributed by atoms with Gasteiger partial charge in [-0.15, -0.1) is 5.10 Å². The van der Waals surface area contributed by atoms with Gasteiger partial charge in [0.25, 0.3) is 0 Å². The standard InChI is InChI=1S/C10H11N5O/c1-8(12-16-2)9-3-5-10(6-4-9)15-7-11-13-14-15/h3-7H,1-2H3/b12-8+. The summed E-state index contributed by atoms with van der Waals surface area (Å²) in [5.41, 5.74) is 2.73. The Morgan fingerprint density at radius 2 is 2.06 bits per heavy atom. The summed E-state index contributed by atoms with van der Waals surface area (Å²) in [6.45, 7) is 1.88. The molecular weight excluding hydrogens is 206 g/mol. The van der Waals surface area contributed by atoms with Crippen molar-refractivity contribution in [2.75, 3.05) is 7.11 Å². The maximum atomic E-state index is 4.71. The molecular formula is C10H11N5O. The first-order chi connectivity index (χ1) is 7.81. The zero-order chi connectivity index (χ0) is 11.4. The molecule has 1 aromatic carbocycles. The molecule has 0 bridgehead atoms. The molecule has 0 N–H and O–H groups in total. The topological polar surface area (TPSA) is 65.2 Å². The van der Waals surface area contributed by atoms with Crippen molar-refractivity contribution >= 4 is 5.71 Å². The fourth-order valence-electron chi connectivity index (χ4n) is 1.32. The Morgan fingerprint density at radius 3 is 2.62 bits per heavy atom. The quantitative estimate of drug-likeness (QED) is 0.569. The lowest BCUT2D eigenvalue weighted by atomic mass is 10.1. The van der Waals surface area contributed by atoms with Crippen molar-refractivity contribution in [3.63, 3.8) is 0 Å². The maximum Gasteiger partial charge on any atom is 0.143 e. The fraction of sp³-hybridized carbons (Fsp3) is 0.200. The molecule has 82 valence electrons. The van der Waals surface area contributed by atoms with Gasteiger partial charge >= 0.3 is 0 Å². The van der Waals surface area contributed by atoms with Crippen LogP contribution < -0.4 is 0 Å². The van der Waals surface area contributed by atoms with Crippen LogP contribution in [0, 0.1) is 0 Å². The van der Waals surface area contributed by atoms with Crippen LogP contribution in [0.1, 0.15) is 12.5 Å². The van der Waals surface area contributed by atoms with Gasteiger partial charge in [-0.25, -0.2) is 4.68 Å². The van der Waals surface area contributed by atoms with Crippen LogP contribution in [0.3, 0.4) is 0 Å². The van der Waals surface area contributed by atoms with Crippen LogP contribution in [0.2, 0.25) is 0 Å². The van der Waals surface area contributed by atoms with E-state index < -0.39 is 0 Å². The lowest BCUT2D eigenvalue weighted by Gasteiger charge is -2.02. The van der Waals surface area contributed by atoms with Crippen molar-refractivity contribution in [2.24, 2.45) is 5.16 Å². The Morgan fingerprint density at radius 1 is 1.31 bits per heavy atom. The summed E-state index contributed by atoms with van der Waals surface area (Å²) in [4.78, 5) is 4.71. The number of rotatable bonds is 3. The Hall–Kier alpha value is -2.24. The molecule has 0 radical (unpaired) electrons. The number of hydrogen-bond donors (Lipinski definition) is 0. The lowest BCUT2D eigenvalue weighted by molar-refractivity contribution is 0.213. The van der Waals surface area contributed by atoms with Gasteiger partial charge in [-0.2, -0.15) is 0 Å². The molecule has 0 saturated carbocycles. The molecule has 6 nitrogen and oxygen atoms in total. The highest BCUT2D eigenvalue weighted by atomic mass is 16.6. The minimum atomic E-state index is 0.825. The molecule has 0 aliphatic carbocycles. The summed E-state index contributed by atoms with van der Waals surface area (Å²) in [6.07, 6.45) is 1.55. The van der Waals surface area contributed by atoms with E-state index in [4.69, 9.17) is 4.84 Å². The Kier molecular flexibility index (Phi) is 2.90. The molecule has 0 spiro atoms. The summed E-state index contributed by atoms with van der Waals surface area (Å²) in [7, 11) is 1.53. The zero-order valence-corrected chi connectivity index (χ0v) is 9.03. The SMILES string of the molecule is CO/N=C(\C)c1ccc(-n2cnnn2)cc1. The first-order valence-corrected chi connectivity index (χ1v) is 4.73. The third-order valence-electron chi connectivity index (χ3n) is 2.13. The Balaban J connectivity index is 2.26. The van der Waals surface area contributed by atoms with Gasteiger partial charge in [-0.3, -0.25) is 0 Å². The summed E-state index contributed by atoms with van der Waals surface area (Å²) in [5, 5.41) is 14.8. The first-order valence-electron chi connectivity index (χ1n) is 4.73. The summed E-state index contributed by atoms with van der Waals surface area (Å²) in [5.74, 6) is 0. The Bertz CT molecular complexity index is 474. The van der Waals surface area contributed by atoms with Crippen LogP contribution in [-0.2, 0) is 4.84 Å². The minimum absolute atomic E-state index is 0.825. The monoisotopic (exact) mass is 217 g/mol. The molecule has 2 aromatic rings. The van der Waals surface area contributed by atoms with E-state index in [1.807, 2.05) is 31.2 Å². The van der Waals surface area contributed by atoms with Crippen molar-refractivity contribution in [3.05, 3.63) is 36.2 Å². The number of tetrazole rings is 1.